The van der Waals surface area contributed by atoms with Crippen molar-refractivity contribution < 1.29 is 14.6 Å². The fourth-order valence-electron chi connectivity index (χ4n) is 0.715. The third-order valence-corrected chi connectivity index (χ3v) is 1.20. The van der Waals surface area contributed by atoms with Gasteiger partial charge in [-0.05, 0) is 13.0 Å². The molecule has 3 nitrogen and oxygen atoms in total. The van der Waals surface area contributed by atoms with E-state index in [2.05, 4.69) is 4.74 Å². The van der Waals surface area contributed by atoms with E-state index in [4.69, 9.17) is 5.11 Å². The summed E-state index contributed by atoms with van der Waals surface area (Å²) in [4.78, 5) is 10.6. The first-order valence-corrected chi connectivity index (χ1v) is 2.77. The quantitative estimate of drug-likeness (QED) is 0.499. The molecule has 0 unspecified atom stereocenters. The van der Waals surface area contributed by atoms with Gasteiger partial charge in [0.05, 0.1) is 11.7 Å². The van der Waals surface area contributed by atoms with Crippen LogP contribution < -0.4 is 0 Å². The molecule has 0 aromatic carbocycles. The van der Waals surface area contributed by atoms with Gasteiger partial charge in [0.15, 0.2) is 0 Å². The molecule has 0 fully saturated rings. The molecule has 9 heavy (non-hydrogen) atoms. The second-order valence-corrected chi connectivity index (χ2v) is 1.93. The SMILES string of the molecule is C[C@H](O)C1=CCOC1=O. The topological polar surface area (TPSA) is 46.5 Å². The Morgan fingerprint density at radius 3 is 2.78 bits per heavy atom. The maximum atomic E-state index is 10.6. The molecule has 0 bridgehead atoms. The van der Waals surface area contributed by atoms with Gasteiger partial charge in [-0.15, -0.1) is 0 Å². The number of hydrogen-bond donors (Lipinski definition) is 1. The second-order valence-electron chi connectivity index (χ2n) is 1.93. The standard InChI is InChI=1S/C6H8O3/c1-4(7)5-2-3-9-6(5)8/h2,4,7H,3H2,1H3/t4-/m0/s1. The van der Waals surface area contributed by atoms with E-state index in [0.29, 0.717) is 12.2 Å². The van der Waals surface area contributed by atoms with E-state index in [1.807, 2.05) is 0 Å². The summed E-state index contributed by atoms with van der Waals surface area (Å²) in [5, 5.41) is 8.85. The molecule has 1 atom stereocenters. The molecule has 0 radical (unpaired) electrons. The van der Waals surface area contributed by atoms with Gasteiger partial charge in [-0.25, -0.2) is 4.79 Å². The van der Waals surface area contributed by atoms with Crippen molar-refractivity contribution in [1.29, 1.82) is 0 Å². The highest BCUT2D eigenvalue weighted by Gasteiger charge is 2.20. The van der Waals surface area contributed by atoms with Crippen molar-refractivity contribution in [2.24, 2.45) is 0 Å². The lowest BCUT2D eigenvalue weighted by molar-refractivity contribution is -0.136. The van der Waals surface area contributed by atoms with E-state index in [9.17, 15) is 4.79 Å². The van der Waals surface area contributed by atoms with Gasteiger partial charge in [0, 0.05) is 0 Å². The monoisotopic (exact) mass is 128 g/mol. The van der Waals surface area contributed by atoms with Crippen LogP contribution in [0.4, 0.5) is 0 Å². The van der Waals surface area contributed by atoms with E-state index in [1.54, 1.807) is 13.0 Å². The minimum absolute atomic E-state index is 0.305. The zero-order chi connectivity index (χ0) is 6.85. The molecular weight excluding hydrogens is 120 g/mol. The fourth-order valence-corrected chi connectivity index (χ4v) is 0.715. The molecule has 3 heteroatoms. The Morgan fingerprint density at radius 2 is 2.56 bits per heavy atom. The Kier molecular flexibility index (Phi) is 1.53. The highest BCUT2D eigenvalue weighted by atomic mass is 16.5. The largest absolute Gasteiger partial charge is 0.458 e. The molecule has 0 saturated carbocycles. The minimum Gasteiger partial charge on any atom is -0.458 e. The van der Waals surface area contributed by atoms with Crippen LogP contribution in [0.5, 0.6) is 0 Å². The molecule has 1 aliphatic heterocycles. The number of carbonyl (C=O) groups is 1. The molecule has 0 aromatic rings. The van der Waals surface area contributed by atoms with E-state index in [1.165, 1.54) is 0 Å². The number of esters is 1. The van der Waals surface area contributed by atoms with E-state index in [0.717, 1.165) is 0 Å². The molecule has 1 aliphatic rings. The normalized spacial score (nSPS) is 21.1. The van der Waals surface area contributed by atoms with Crippen LogP contribution in [0.15, 0.2) is 11.6 Å². The first-order chi connectivity index (χ1) is 4.22. The van der Waals surface area contributed by atoms with Crippen LogP contribution in [0.3, 0.4) is 0 Å². The average Bonchev–Trinajstić information content (AvgIpc) is 2.13. The van der Waals surface area contributed by atoms with Crippen molar-refractivity contribution in [2.45, 2.75) is 13.0 Å². The zero-order valence-corrected chi connectivity index (χ0v) is 5.13. The lowest BCUT2D eigenvalue weighted by Gasteiger charge is -1.99. The third kappa shape index (κ3) is 1.10. The first-order valence-electron chi connectivity index (χ1n) is 2.77. The number of rotatable bonds is 1. The number of aliphatic hydroxyl groups is 1. The van der Waals surface area contributed by atoms with Gasteiger partial charge in [0.25, 0.3) is 0 Å². The number of cyclic esters (lactones) is 1. The molecule has 1 heterocycles. The predicted molar refractivity (Wildman–Crippen MR) is 30.7 cm³/mol. The van der Waals surface area contributed by atoms with Crippen LogP contribution in [-0.2, 0) is 9.53 Å². The van der Waals surface area contributed by atoms with Gasteiger partial charge >= 0.3 is 5.97 Å². The van der Waals surface area contributed by atoms with Crippen LogP contribution >= 0.6 is 0 Å². The summed E-state index contributed by atoms with van der Waals surface area (Å²) in [7, 11) is 0. The summed E-state index contributed by atoms with van der Waals surface area (Å²) < 4.78 is 4.54. The Balaban J connectivity index is 2.68. The number of hydrogen-bond acceptors (Lipinski definition) is 3. The van der Waals surface area contributed by atoms with Crippen molar-refractivity contribution in [1.82, 2.24) is 0 Å². The van der Waals surface area contributed by atoms with Crippen molar-refractivity contribution in [2.75, 3.05) is 6.61 Å². The van der Waals surface area contributed by atoms with Crippen LogP contribution in [0, 0.1) is 0 Å². The maximum Gasteiger partial charge on any atom is 0.336 e. The van der Waals surface area contributed by atoms with Gasteiger partial charge in [-0.3, -0.25) is 0 Å². The molecule has 1 N–H and O–H groups in total. The molecule has 0 spiro atoms. The van der Waals surface area contributed by atoms with Crippen LogP contribution in [0.25, 0.3) is 0 Å². The summed E-state index contributed by atoms with van der Waals surface area (Å²) in [5.74, 6) is -0.398. The van der Waals surface area contributed by atoms with E-state index < -0.39 is 12.1 Å². The highest BCUT2D eigenvalue weighted by molar-refractivity contribution is 5.91. The van der Waals surface area contributed by atoms with Gasteiger partial charge in [-0.2, -0.15) is 0 Å². The second kappa shape index (κ2) is 2.19. The molecule has 0 saturated heterocycles. The van der Waals surface area contributed by atoms with Crippen molar-refractivity contribution in [3.8, 4) is 0 Å². The van der Waals surface area contributed by atoms with Crippen LogP contribution in [-0.4, -0.2) is 23.8 Å². The number of ether oxygens (including phenoxy) is 1. The van der Waals surface area contributed by atoms with E-state index in [-0.39, 0.29) is 0 Å². The van der Waals surface area contributed by atoms with Crippen molar-refractivity contribution >= 4 is 5.97 Å². The van der Waals surface area contributed by atoms with Crippen molar-refractivity contribution in [3.63, 3.8) is 0 Å². The summed E-state index contributed by atoms with van der Waals surface area (Å²) in [5.41, 5.74) is 0.370. The molecule has 0 aromatic heterocycles. The fraction of sp³-hybridized carbons (Fsp3) is 0.500. The summed E-state index contributed by atoms with van der Waals surface area (Å²) >= 11 is 0. The van der Waals surface area contributed by atoms with Gasteiger partial charge in [0.1, 0.15) is 6.61 Å². The Hall–Kier alpha value is -0.830. The molecule has 0 amide bonds. The minimum atomic E-state index is -0.694. The lowest BCUT2D eigenvalue weighted by atomic mass is 10.2. The smallest absolute Gasteiger partial charge is 0.336 e. The number of aliphatic hydroxyl groups excluding tert-OH is 1. The summed E-state index contributed by atoms with van der Waals surface area (Å²) in [6, 6.07) is 0. The van der Waals surface area contributed by atoms with Gasteiger partial charge in [-0.1, -0.05) is 0 Å². The van der Waals surface area contributed by atoms with E-state index >= 15 is 0 Å². The third-order valence-electron chi connectivity index (χ3n) is 1.20. The Bertz CT molecular complexity index is 158. The lowest BCUT2D eigenvalue weighted by Crippen LogP contribution is -2.11. The highest BCUT2D eigenvalue weighted by Crippen LogP contribution is 2.09. The van der Waals surface area contributed by atoms with Crippen LogP contribution in [0.1, 0.15) is 6.92 Å². The zero-order valence-electron chi connectivity index (χ0n) is 5.13. The summed E-state index contributed by atoms with van der Waals surface area (Å²) in [6.45, 7) is 1.84. The predicted octanol–water partition coefficient (Wildman–Crippen LogP) is -0.150. The van der Waals surface area contributed by atoms with Crippen LogP contribution in [0.2, 0.25) is 0 Å². The van der Waals surface area contributed by atoms with Crippen molar-refractivity contribution in [3.05, 3.63) is 11.6 Å². The molecule has 1 rings (SSSR count). The molecule has 0 aliphatic carbocycles. The average molecular weight is 128 g/mol. The Labute approximate surface area is 52.9 Å². The maximum absolute atomic E-state index is 10.6. The first kappa shape index (κ1) is 6.29. The summed E-state index contributed by atoms with van der Waals surface area (Å²) in [6.07, 6.45) is 0.896. The molecular formula is C6H8O3. The Morgan fingerprint density at radius 1 is 1.89 bits per heavy atom. The molecule has 50 valence electrons. The van der Waals surface area contributed by atoms with Gasteiger partial charge in [0.2, 0.25) is 0 Å². The number of carbonyl (C=O) groups excluding carboxylic acids is 1. The van der Waals surface area contributed by atoms with Gasteiger partial charge < -0.3 is 9.84 Å².